The lowest BCUT2D eigenvalue weighted by molar-refractivity contribution is 0.435. The number of anilines is 1. The van der Waals surface area contributed by atoms with E-state index in [4.69, 9.17) is 5.84 Å². The number of benzene rings is 1. The molecule has 0 amide bonds. The van der Waals surface area contributed by atoms with Crippen molar-refractivity contribution in [2.45, 2.75) is 37.0 Å². The van der Waals surface area contributed by atoms with Gasteiger partial charge in [0.25, 0.3) is 10.0 Å². The van der Waals surface area contributed by atoms with Gasteiger partial charge < -0.3 is 0 Å². The Bertz CT molecular complexity index is 619. The first kappa shape index (κ1) is 12.6. The molecule has 1 aromatic carbocycles. The first-order valence-corrected chi connectivity index (χ1v) is 8.02. The lowest BCUT2D eigenvalue weighted by Crippen LogP contribution is -2.45. The molecule has 0 atom stereocenters. The molecule has 2 N–H and O–H groups in total. The fourth-order valence-corrected chi connectivity index (χ4v) is 4.11. The number of nitrogens with zero attached hydrogens (tertiary/aromatic N) is 2. The molecule has 0 spiro atoms. The molecule has 0 saturated heterocycles. The normalized spacial score (nSPS) is 22.8. The molecule has 1 aromatic rings. The molecule has 1 fully saturated rings. The van der Waals surface area contributed by atoms with E-state index in [-0.39, 0.29) is 10.8 Å². The zero-order valence-electron chi connectivity index (χ0n) is 10.6. The smallest absolute Gasteiger partial charge is 0.264 e. The number of hydrogen-bond acceptors (Lipinski definition) is 4. The first-order valence-electron chi connectivity index (χ1n) is 6.58. The maximum atomic E-state index is 12.2. The molecule has 3 rings (SSSR count). The minimum atomic E-state index is -3.61. The van der Waals surface area contributed by atoms with Crippen molar-refractivity contribution in [2.24, 2.45) is 16.2 Å². The zero-order chi connectivity index (χ0) is 13.5. The van der Waals surface area contributed by atoms with Crippen molar-refractivity contribution in [1.82, 2.24) is 0 Å². The van der Waals surface area contributed by atoms with E-state index in [1.165, 1.54) is 11.4 Å². The van der Waals surface area contributed by atoms with Crippen molar-refractivity contribution in [1.29, 1.82) is 0 Å². The second-order valence-electron chi connectivity index (χ2n) is 5.10. The Morgan fingerprint density at radius 1 is 1.16 bits per heavy atom. The SMILES string of the molecule is NN1C(C2CCCCC2)=NS(=O)(=O)c2ccccc21. The van der Waals surface area contributed by atoms with Crippen LogP contribution in [0.3, 0.4) is 0 Å². The number of amidine groups is 1. The number of para-hydroxylation sites is 1. The highest BCUT2D eigenvalue weighted by molar-refractivity contribution is 7.90. The Hall–Kier alpha value is -1.40. The van der Waals surface area contributed by atoms with Crippen molar-refractivity contribution in [2.75, 3.05) is 5.01 Å². The summed E-state index contributed by atoms with van der Waals surface area (Å²) in [5, 5.41) is 1.45. The molecular weight excluding hydrogens is 262 g/mol. The van der Waals surface area contributed by atoms with E-state index in [1.807, 2.05) is 0 Å². The quantitative estimate of drug-likeness (QED) is 0.798. The van der Waals surface area contributed by atoms with Gasteiger partial charge in [-0.2, -0.15) is 8.42 Å². The average molecular weight is 279 g/mol. The third-order valence-corrected chi connectivity index (χ3v) is 5.16. The molecule has 0 bridgehead atoms. The van der Waals surface area contributed by atoms with Crippen molar-refractivity contribution >= 4 is 21.5 Å². The van der Waals surface area contributed by atoms with Gasteiger partial charge >= 0.3 is 0 Å². The lowest BCUT2D eigenvalue weighted by Gasteiger charge is -2.32. The van der Waals surface area contributed by atoms with Gasteiger partial charge in [-0.1, -0.05) is 31.4 Å². The molecular formula is C13H17N3O2S. The van der Waals surface area contributed by atoms with Crippen LogP contribution < -0.4 is 10.9 Å². The van der Waals surface area contributed by atoms with Crippen molar-refractivity contribution < 1.29 is 8.42 Å². The summed E-state index contributed by atoms with van der Waals surface area (Å²) in [4.78, 5) is 0.192. The molecule has 1 aliphatic heterocycles. The molecule has 2 aliphatic rings. The second-order valence-corrected chi connectivity index (χ2v) is 6.67. The first-order chi connectivity index (χ1) is 9.09. The molecule has 0 aromatic heterocycles. The summed E-state index contributed by atoms with van der Waals surface area (Å²) < 4.78 is 28.4. The van der Waals surface area contributed by atoms with Gasteiger partial charge in [0.05, 0.1) is 5.69 Å². The minimum Gasteiger partial charge on any atom is -0.264 e. The summed E-state index contributed by atoms with van der Waals surface area (Å²) in [7, 11) is -3.61. The number of hydrazine groups is 1. The number of fused-ring (bicyclic) bond motifs is 1. The highest BCUT2D eigenvalue weighted by Crippen LogP contribution is 2.34. The van der Waals surface area contributed by atoms with Gasteiger partial charge in [-0.05, 0) is 25.0 Å². The summed E-state index contributed by atoms with van der Waals surface area (Å²) in [6.45, 7) is 0. The predicted molar refractivity (Wildman–Crippen MR) is 74.3 cm³/mol. The van der Waals surface area contributed by atoms with Crippen LogP contribution in [0.2, 0.25) is 0 Å². The Morgan fingerprint density at radius 2 is 1.84 bits per heavy atom. The van der Waals surface area contributed by atoms with Crippen molar-refractivity contribution in [3.63, 3.8) is 0 Å². The molecule has 1 aliphatic carbocycles. The number of sulfonamides is 1. The maximum absolute atomic E-state index is 12.2. The number of nitrogens with two attached hydrogens (primary N) is 1. The van der Waals surface area contributed by atoms with Gasteiger partial charge in [-0.25, -0.2) is 5.84 Å². The van der Waals surface area contributed by atoms with E-state index >= 15 is 0 Å². The van der Waals surface area contributed by atoms with Crippen LogP contribution in [-0.2, 0) is 10.0 Å². The topological polar surface area (TPSA) is 75.8 Å². The lowest BCUT2D eigenvalue weighted by atomic mass is 9.88. The highest BCUT2D eigenvalue weighted by Gasteiger charge is 2.33. The van der Waals surface area contributed by atoms with Crippen LogP contribution in [0.5, 0.6) is 0 Å². The molecule has 1 saturated carbocycles. The monoisotopic (exact) mass is 279 g/mol. The Kier molecular flexibility index (Phi) is 3.06. The number of hydrogen-bond donors (Lipinski definition) is 1. The standard InChI is InChI=1S/C13H17N3O2S/c14-16-11-8-4-5-9-12(11)19(17,18)15-13(16)10-6-2-1-3-7-10/h4-5,8-10H,1-3,6-7,14H2. The highest BCUT2D eigenvalue weighted by atomic mass is 32.2. The van der Waals surface area contributed by atoms with E-state index in [0.29, 0.717) is 11.5 Å². The van der Waals surface area contributed by atoms with Crippen LogP contribution in [0, 0.1) is 5.92 Å². The van der Waals surface area contributed by atoms with Gasteiger partial charge in [-0.15, -0.1) is 4.40 Å². The summed E-state index contributed by atoms with van der Waals surface area (Å²) in [5.41, 5.74) is 0.526. The Morgan fingerprint density at radius 3 is 2.58 bits per heavy atom. The van der Waals surface area contributed by atoms with Gasteiger partial charge in [0.15, 0.2) is 0 Å². The Labute approximate surface area is 113 Å². The predicted octanol–water partition coefficient (Wildman–Crippen LogP) is 2.05. The van der Waals surface area contributed by atoms with Gasteiger partial charge in [-0.3, -0.25) is 5.01 Å². The average Bonchev–Trinajstić information content (AvgIpc) is 2.44. The van der Waals surface area contributed by atoms with Crippen LogP contribution in [0.25, 0.3) is 0 Å². The van der Waals surface area contributed by atoms with Crippen molar-refractivity contribution in [3.05, 3.63) is 24.3 Å². The zero-order valence-corrected chi connectivity index (χ0v) is 11.4. The van der Waals surface area contributed by atoms with E-state index in [9.17, 15) is 8.42 Å². The van der Waals surface area contributed by atoms with Gasteiger partial charge in [0.2, 0.25) is 0 Å². The van der Waals surface area contributed by atoms with E-state index < -0.39 is 10.0 Å². The van der Waals surface area contributed by atoms with Gasteiger partial charge in [0, 0.05) is 5.92 Å². The summed E-state index contributed by atoms with van der Waals surface area (Å²) in [6.07, 6.45) is 5.35. The number of rotatable bonds is 1. The third-order valence-electron chi connectivity index (χ3n) is 3.83. The molecule has 5 nitrogen and oxygen atoms in total. The second kappa shape index (κ2) is 4.61. The molecule has 0 radical (unpaired) electrons. The van der Waals surface area contributed by atoms with Crippen LogP contribution in [0.1, 0.15) is 32.1 Å². The summed E-state index contributed by atoms with van der Waals surface area (Å²) >= 11 is 0. The molecule has 6 heteroatoms. The third kappa shape index (κ3) is 2.15. The van der Waals surface area contributed by atoms with Crippen LogP contribution in [0.15, 0.2) is 33.6 Å². The molecule has 0 unspecified atom stereocenters. The fraction of sp³-hybridized carbons (Fsp3) is 0.462. The summed E-state index contributed by atoms with van der Waals surface area (Å²) in [6, 6.07) is 6.75. The van der Waals surface area contributed by atoms with E-state index in [2.05, 4.69) is 4.40 Å². The maximum Gasteiger partial charge on any atom is 0.286 e. The van der Waals surface area contributed by atoms with Crippen LogP contribution in [-0.4, -0.2) is 14.3 Å². The van der Waals surface area contributed by atoms with Crippen LogP contribution >= 0.6 is 0 Å². The van der Waals surface area contributed by atoms with Gasteiger partial charge in [0.1, 0.15) is 10.7 Å². The molecule has 102 valence electrons. The molecule has 1 heterocycles. The largest absolute Gasteiger partial charge is 0.286 e. The van der Waals surface area contributed by atoms with E-state index in [1.54, 1.807) is 24.3 Å². The van der Waals surface area contributed by atoms with Crippen LogP contribution in [0.4, 0.5) is 5.69 Å². The van der Waals surface area contributed by atoms with Crippen molar-refractivity contribution in [3.8, 4) is 0 Å². The minimum absolute atomic E-state index is 0.155. The Balaban J connectivity index is 2.06. The summed E-state index contributed by atoms with van der Waals surface area (Å²) in [5.74, 6) is 6.73. The fourth-order valence-electron chi connectivity index (χ4n) is 2.85. The van der Waals surface area contributed by atoms with E-state index in [0.717, 1.165) is 25.7 Å². The molecule has 19 heavy (non-hydrogen) atoms.